The van der Waals surface area contributed by atoms with E-state index in [0.717, 1.165) is 58.4 Å². The number of aromatic nitrogens is 1. The second-order valence-corrected chi connectivity index (χ2v) is 11.8. The van der Waals surface area contributed by atoms with Crippen LogP contribution in [0.25, 0.3) is 23.1 Å². The summed E-state index contributed by atoms with van der Waals surface area (Å²) in [6.07, 6.45) is 13.7. The lowest BCUT2D eigenvalue weighted by Gasteiger charge is -2.53. The van der Waals surface area contributed by atoms with Crippen molar-refractivity contribution in [2.45, 2.75) is 72.3 Å². The Morgan fingerprint density at radius 1 is 1.11 bits per heavy atom. The number of allylic oxidation sites excluding steroid dienone is 2. The Morgan fingerprint density at radius 2 is 1.86 bits per heavy atom. The molecule has 190 valence electrons. The number of methoxy groups -OCH3 is 1. The van der Waals surface area contributed by atoms with E-state index in [1.54, 1.807) is 7.11 Å². The second-order valence-electron chi connectivity index (χ2n) is 11.8. The van der Waals surface area contributed by atoms with Crippen LogP contribution < -0.4 is 9.47 Å². The first-order chi connectivity index (χ1) is 17.1. The molecule has 1 aliphatic carbocycles. The first-order valence-corrected chi connectivity index (χ1v) is 13.1. The molecule has 0 spiro atoms. The van der Waals surface area contributed by atoms with E-state index in [2.05, 4.69) is 76.0 Å². The maximum absolute atomic E-state index is 10.8. The van der Waals surface area contributed by atoms with Crippen molar-refractivity contribution >= 4 is 23.1 Å². The Labute approximate surface area is 215 Å². The van der Waals surface area contributed by atoms with Crippen LogP contribution in [0.1, 0.15) is 76.1 Å². The number of H-pyrrole nitrogens is 1. The van der Waals surface area contributed by atoms with E-state index in [1.165, 1.54) is 24.0 Å². The summed E-state index contributed by atoms with van der Waals surface area (Å²) in [7, 11) is 1.72. The fourth-order valence-electron chi connectivity index (χ4n) is 6.44. The lowest BCUT2D eigenvalue weighted by atomic mass is 9.59. The molecule has 0 saturated heterocycles. The number of benzene rings is 2. The predicted molar refractivity (Wildman–Crippen MR) is 149 cm³/mol. The molecule has 2 atom stereocenters. The normalized spacial score (nSPS) is 22.7. The van der Waals surface area contributed by atoms with Crippen molar-refractivity contribution in [2.24, 2.45) is 11.3 Å². The van der Waals surface area contributed by atoms with Gasteiger partial charge in [0.2, 0.25) is 0 Å². The van der Waals surface area contributed by atoms with Crippen LogP contribution in [0.15, 0.2) is 42.1 Å². The van der Waals surface area contributed by atoms with Gasteiger partial charge in [0.25, 0.3) is 0 Å². The molecule has 1 unspecified atom stereocenters. The standard InChI is InChI=1S/C32H39NO3/c1-20(2)8-11-23-19-33-25-15-22(16-26(34)29(23)25)10-9-21-14-24-18-28-31(3,4)12-7-13-32(28,5)36-30(24)27(17-21)35-6/h8-10,14-17,19,28,33-34H,7,11-13,18H2,1-6H3/b10-9+/t28?,32-/m1/s1. The lowest BCUT2D eigenvalue weighted by Crippen LogP contribution is -2.54. The zero-order valence-corrected chi connectivity index (χ0v) is 22.5. The topological polar surface area (TPSA) is 54.5 Å². The van der Waals surface area contributed by atoms with Crippen LogP contribution in [0.5, 0.6) is 17.2 Å². The summed E-state index contributed by atoms with van der Waals surface area (Å²) >= 11 is 0. The molecule has 1 saturated carbocycles. The summed E-state index contributed by atoms with van der Waals surface area (Å²) in [6, 6.07) is 8.22. The minimum absolute atomic E-state index is 0.146. The van der Waals surface area contributed by atoms with E-state index in [9.17, 15) is 5.11 Å². The third-order valence-corrected chi connectivity index (χ3v) is 8.37. The third kappa shape index (κ3) is 4.42. The SMILES string of the molecule is COc1cc(/C=C/c2cc(O)c3c(CC=C(C)C)c[nH]c3c2)cc2c1O[C@]1(C)CCCC(C)(C)C1C2. The van der Waals surface area contributed by atoms with Crippen molar-refractivity contribution in [3.8, 4) is 17.2 Å². The van der Waals surface area contributed by atoms with Crippen LogP contribution in [0.4, 0.5) is 0 Å². The predicted octanol–water partition coefficient (Wildman–Crippen LogP) is 8.08. The summed E-state index contributed by atoms with van der Waals surface area (Å²) < 4.78 is 12.5. The molecular formula is C32H39NO3. The van der Waals surface area contributed by atoms with Crippen LogP contribution in [0.3, 0.4) is 0 Å². The number of aromatic amines is 1. The maximum atomic E-state index is 10.8. The third-order valence-electron chi connectivity index (χ3n) is 8.37. The largest absolute Gasteiger partial charge is 0.507 e. The van der Waals surface area contributed by atoms with Gasteiger partial charge in [-0.15, -0.1) is 0 Å². The minimum Gasteiger partial charge on any atom is -0.507 e. The molecule has 0 bridgehead atoms. The first kappa shape index (κ1) is 24.5. The molecule has 1 aromatic heterocycles. The average molecular weight is 486 g/mol. The Bertz CT molecular complexity index is 1360. The van der Waals surface area contributed by atoms with Gasteiger partial charge in [0, 0.05) is 23.0 Å². The van der Waals surface area contributed by atoms with Gasteiger partial charge >= 0.3 is 0 Å². The van der Waals surface area contributed by atoms with Crippen LogP contribution >= 0.6 is 0 Å². The number of aromatic hydroxyl groups is 1. The molecule has 2 N–H and O–H groups in total. The zero-order valence-electron chi connectivity index (χ0n) is 22.5. The maximum Gasteiger partial charge on any atom is 0.165 e. The van der Waals surface area contributed by atoms with Gasteiger partial charge in [-0.05, 0) is 105 Å². The van der Waals surface area contributed by atoms with Crippen molar-refractivity contribution in [1.82, 2.24) is 4.98 Å². The van der Waals surface area contributed by atoms with Crippen LogP contribution in [-0.4, -0.2) is 22.8 Å². The van der Waals surface area contributed by atoms with Crippen molar-refractivity contribution in [2.75, 3.05) is 7.11 Å². The van der Waals surface area contributed by atoms with Crippen molar-refractivity contribution in [3.05, 3.63) is 64.4 Å². The van der Waals surface area contributed by atoms with Gasteiger partial charge in [0.05, 0.1) is 7.11 Å². The number of rotatable bonds is 5. The number of phenols is 1. The van der Waals surface area contributed by atoms with E-state index >= 15 is 0 Å². The van der Waals surface area contributed by atoms with Gasteiger partial charge in [-0.25, -0.2) is 0 Å². The highest BCUT2D eigenvalue weighted by molar-refractivity contribution is 5.92. The number of hydrogen-bond donors (Lipinski definition) is 2. The van der Waals surface area contributed by atoms with Gasteiger partial charge in [-0.1, -0.05) is 37.6 Å². The monoisotopic (exact) mass is 485 g/mol. The second kappa shape index (κ2) is 9.06. The summed E-state index contributed by atoms with van der Waals surface area (Å²) in [5.74, 6) is 2.48. The molecule has 0 amide bonds. The Hall–Kier alpha value is -3.14. The molecule has 4 nitrogen and oxygen atoms in total. The molecule has 36 heavy (non-hydrogen) atoms. The summed E-state index contributed by atoms with van der Waals surface area (Å²) in [5.41, 5.74) is 6.66. The summed E-state index contributed by atoms with van der Waals surface area (Å²) in [5, 5.41) is 11.7. The molecule has 3 aromatic rings. The number of ether oxygens (including phenoxy) is 2. The van der Waals surface area contributed by atoms with Gasteiger partial charge < -0.3 is 19.6 Å². The van der Waals surface area contributed by atoms with Crippen molar-refractivity contribution < 1.29 is 14.6 Å². The number of phenolic OH excluding ortho intramolecular Hbond substituents is 1. The number of nitrogens with one attached hydrogen (secondary N) is 1. The van der Waals surface area contributed by atoms with Crippen LogP contribution in [-0.2, 0) is 12.8 Å². The van der Waals surface area contributed by atoms with Gasteiger partial charge in [0.15, 0.2) is 11.5 Å². The number of hydrogen-bond acceptors (Lipinski definition) is 3. The molecule has 5 rings (SSSR count). The lowest BCUT2D eigenvalue weighted by molar-refractivity contribution is -0.0827. The van der Waals surface area contributed by atoms with Gasteiger partial charge in [-0.3, -0.25) is 0 Å². The highest BCUT2D eigenvalue weighted by Crippen LogP contribution is 2.54. The number of fused-ring (bicyclic) bond motifs is 3. The zero-order chi connectivity index (χ0) is 25.7. The molecular weight excluding hydrogens is 446 g/mol. The molecule has 1 fully saturated rings. The quantitative estimate of drug-likeness (QED) is 0.284. The molecule has 2 aliphatic rings. The minimum atomic E-state index is -0.146. The van der Waals surface area contributed by atoms with Gasteiger partial charge in [0.1, 0.15) is 11.4 Å². The van der Waals surface area contributed by atoms with E-state index in [-0.39, 0.29) is 11.0 Å². The van der Waals surface area contributed by atoms with E-state index < -0.39 is 0 Å². The highest BCUT2D eigenvalue weighted by atomic mass is 16.5. The fourth-order valence-corrected chi connectivity index (χ4v) is 6.44. The van der Waals surface area contributed by atoms with E-state index in [4.69, 9.17) is 9.47 Å². The Morgan fingerprint density at radius 3 is 2.58 bits per heavy atom. The van der Waals surface area contributed by atoms with E-state index in [0.29, 0.717) is 11.7 Å². The molecule has 0 radical (unpaired) electrons. The summed E-state index contributed by atoms with van der Waals surface area (Å²) in [6.45, 7) is 11.2. The molecule has 2 aromatic carbocycles. The molecule has 4 heteroatoms. The summed E-state index contributed by atoms with van der Waals surface area (Å²) in [4.78, 5) is 3.33. The Balaban J connectivity index is 1.46. The van der Waals surface area contributed by atoms with Crippen LogP contribution in [0.2, 0.25) is 0 Å². The van der Waals surface area contributed by atoms with Crippen molar-refractivity contribution in [1.29, 1.82) is 0 Å². The smallest absolute Gasteiger partial charge is 0.165 e. The molecule has 2 heterocycles. The average Bonchev–Trinajstić information content (AvgIpc) is 3.23. The fraction of sp³-hybridized carbons (Fsp3) is 0.438. The Kier molecular flexibility index (Phi) is 6.18. The van der Waals surface area contributed by atoms with Crippen LogP contribution in [0, 0.1) is 11.3 Å². The van der Waals surface area contributed by atoms with Crippen molar-refractivity contribution in [3.63, 3.8) is 0 Å². The highest BCUT2D eigenvalue weighted by Gasteiger charge is 2.51. The van der Waals surface area contributed by atoms with E-state index in [1.807, 2.05) is 12.3 Å². The first-order valence-electron chi connectivity index (χ1n) is 13.1. The molecule has 1 aliphatic heterocycles. The van der Waals surface area contributed by atoms with Gasteiger partial charge in [-0.2, -0.15) is 0 Å².